The van der Waals surface area contributed by atoms with E-state index in [1.54, 1.807) is 6.07 Å². The highest BCUT2D eigenvalue weighted by atomic mass is 35.5. The lowest BCUT2D eigenvalue weighted by Crippen LogP contribution is -1.84. The molecule has 0 N–H and O–H groups in total. The molecule has 1 aromatic heterocycles. The van der Waals surface area contributed by atoms with Gasteiger partial charge in [0.15, 0.2) is 11.6 Å². The largest absolute Gasteiger partial charge is 0.440 e. The Bertz CT molecular complexity index is 180. The van der Waals surface area contributed by atoms with Gasteiger partial charge >= 0.3 is 5.24 Å². The van der Waals surface area contributed by atoms with E-state index in [0.717, 1.165) is 0 Å². The van der Waals surface area contributed by atoms with E-state index < -0.39 is 0 Å². The van der Waals surface area contributed by atoms with Crippen LogP contribution in [0.15, 0.2) is 17.5 Å². The first-order chi connectivity index (χ1) is 3.80. The highest BCUT2D eigenvalue weighted by Crippen LogP contribution is 2.07. The minimum atomic E-state index is -0.264. The first-order valence-corrected chi connectivity index (χ1v) is 3.34. The van der Waals surface area contributed by atoms with Crippen LogP contribution in [0.25, 0.3) is 0 Å². The van der Waals surface area contributed by atoms with Crippen molar-refractivity contribution in [3.63, 3.8) is 0 Å². The molecule has 1 nitrogen and oxygen atoms in total. The van der Waals surface area contributed by atoms with Gasteiger partial charge in [0.05, 0.1) is 0 Å². The van der Waals surface area contributed by atoms with Crippen molar-refractivity contribution >= 4 is 16.6 Å². The molecule has 0 saturated carbocycles. The molecule has 0 aliphatic carbocycles. The molecule has 0 fully saturated rings. The Hall–Kier alpha value is -0.340. The van der Waals surface area contributed by atoms with E-state index in [1.807, 2.05) is 11.4 Å². The lowest BCUT2D eigenvalue weighted by molar-refractivity contribution is -0.254. The summed E-state index contributed by atoms with van der Waals surface area (Å²) in [5.74, 6) is 0. The van der Waals surface area contributed by atoms with Crippen LogP contribution in [0.5, 0.6) is 0 Å². The summed E-state index contributed by atoms with van der Waals surface area (Å²) in [4.78, 5) is 11.0. The molecule has 0 aliphatic rings. The summed E-state index contributed by atoms with van der Waals surface area (Å²) in [7, 11) is 0. The number of carbonyl (C=O) groups excluding carboxylic acids is 1. The Morgan fingerprint density at radius 3 is 2.75 bits per heavy atom. The monoisotopic (exact) mass is 147 g/mol. The summed E-state index contributed by atoms with van der Waals surface area (Å²) in [6.45, 7) is 0. The first kappa shape index (κ1) is 5.79. The summed E-state index contributed by atoms with van der Waals surface area (Å²) in [6, 6.07) is 3.53. The van der Waals surface area contributed by atoms with E-state index in [2.05, 4.69) is 11.6 Å². The Morgan fingerprint density at radius 2 is 2.50 bits per heavy atom. The predicted octanol–water partition coefficient (Wildman–Crippen LogP) is 1.17. The van der Waals surface area contributed by atoms with Crippen molar-refractivity contribution in [1.29, 1.82) is 0 Å². The fourth-order valence-corrected chi connectivity index (χ4v) is 1.16. The van der Waals surface area contributed by atoms with Crippen LogP contribution in [0.1, 0.15) is 9.67 Å². The van der Waals surface area contributed by atoms with Crippen LogP contribution < -0.4 is 0 Å². The van der Waals surface area contributed by atoms with Gasteiger partial charge in [0.25, 0.3) is 0 Å². The van der Waals surface area contributed by atoms with E-state index in [1.165, 1.54) is 11.3 Å². The Labute approximate surface area is 55.9 Å². The second kappa shape index (κ2) is 2.29. The Morgan fingerprint density at radius 1 is 1.75 bits per heavy atom. The zero-order valence-electron chi connectivity index (χ0n) is 3.96. The average Bonchev–Trinajstić information content (AvgIpc) is 2.12. The van der Waals surface area contributed by atoms with Gasteiger partial charge in [-0.2, -0.15) is 0 Å². The van der Waals surface area contributed by atoms with Crippen LogP contribution in [0.4, 0.5) is 0 Å². The van der Waals surface area contributed by atoms with Gasteiger partial charge in [-0.05, 0) is 11.4 Å². The fourth-order valence-electron chi connectivity index (χ4n) is 0.395. The molecule has 0 aliphatic heterocycles. The predicted molar refractivity (Wildman–Crippen MR) is 30.0 cm³/mol. The maximum atomic E-state index is 10.3. The summed E-state index contributed by atoms with van der Waals surface area (Å²) in [5.41, 5.74) is 0. The lowest BCUT2D eigenvalue weighted by Gasteiger charge is -1.68. The number of hydrogen-bond donors (Lipinski definition) is 0. The molecule has 3 heteroatoms. The van der Waals surface area contributed by atoms with Crippen molar-refractivity contribution in [1.82, 2.24) is 0 Å². The average molecular weight is 148 g/mol. The second-order valence-corrected chi connectivity index (χ2v) is 2.58. The van der Waals surface area contributed by atoms with E-state index in [-0.39, 0.29) is 5.24 Å². The molecule has 0 atom stereocenters. The quantitative estimate of drug-likeness (QED) is 0.545. The molecule has 0 spiro atoms. The topological polar surface area (TPSA) is 17.1 Å². The number of thiophene rings is 1. The van der Waals surface area contributed by atoms with E-state index in [4.69, 9.17) is 0 Å². The minimum absolute atomic E-state index is 0.264. The van der Waals surface area contributed by atoms with Crippen LogP contribution in [-0.4, -0.2) is 5.24 Å². The van der Waals surface area contributed by atoms with Gasteiger partial charge in [-0.1, -0.05) is 6.07 Å². The standard InChI is InChI=1S/C5H4ClOS/c6-5(7)4-2-1-3-8-4/h1-3,6H/q+1. The molecule has 0 saturated heterocycles. The van der Waals surface area contributed by atoms with Gasteiger partial charge < -0.3 is 0 Å². The third-order valence-electron chi connectivity index (χ3n) is 0.722. The summed E-state index contributed by atoms with van der Waals surface area (Å²) in [5, 5.41) is 1.57. The van der Waals surface area contributed by atoms with Crippen molar-refractivity contribution in [2.75, 3.05) is 0 Å². The minimum Gasteiger partial charge on any atom is -0.219 e. The number of rotatable bonds is 1. The van der Waals surface area contributed by atoms with Crippen molar-refractivity contribution in [2.24, 2.45) is 0 Å². The molecule has 0 aromatic carbocycles. The SMILES string of the molecule is O=C([ClH+])c1cccs1. The van der Waals surface area contributed by atoms with Crippen molar-refractivity contribution in [3.8, 4) is 0 Å². The van der Waals surface area contributed by atoms with Gasteiger partial charge in [-0.25, -0.2) is 4.79 Å². The molecule has 1 heterocycles. The maximum Gasteiger partial charge on any atom is 0.440 e. The van der Waals surface area contributed by atoms with Gasteiger partial charge in [-0.15, -0.1) is 11.3 Å². The van der Waals surface area contributed by atoms with Crippen LogP contribution in [-0.2, 0) is 0 Å². The van der Waals surface area contributed by atoms with Gasteiger partial charge in [0, 0.05) is 0 Å². The first-order valence-electron chi connectivity index (χ1n) is 2.05. The number of carbonyl (C=O) groups is 1. The molecule has 42 valence electrons. The lowest BCUT2D eigenvalue weighted by atomic mass is 10.5. The third kappa shape index (κ3) is 1.08. The van der Waals surface area contributed by atoms with Crippen molar-refractivity contribution in [2.45, 2.75) is 0 Å². The smallest absolute Gasteiger partial charge is 0.219 e. The molecular formula is C5H4ClOS+. The number of halogens is 1. The molecule has 0 unspecified atom stereocenters. The van der Waals surface area contributed by atoms with Crippen LogP contribution in [0, 0.1) is 11.6 Å². The summed E-state index contributed by atoms with van der Waals surface area (Å²) >= 11 is 5.75. The van der Waals surface area contributed by atoms with Crippen molar-refractivity contribution in [3.05, 3.63) is 22.4 Å². The molecular weight excluding hydrogens is 144 g/mol. The molecule has 1 rings (SSSR count). The third-order valence-corrected chi connectivity index (χ3v) is 1.94. The second-order valence-electron chi connectivity index (χ2n) is 1.26. The molecule has 0 bridgehead atoms. The zero-order chi connectivity index (χ0) is 5.98. The molecule has 0 radical (unpaired) electrons. The number of hydrogen-bond acceptors (Lipinski definition) is 2. The van der Waals surface area contributed by atoms with Gasteiger partial charge in [-0.3, -0.25) is 0 Å². The summed E-state index contributed by atoms with van der Waals surface area (Å²) < 4.78 is 0. The summed E-state index contributed by atoms with van der Waals surface area (Å²) in [6.07, 6.45) is 0. The maximum absolute atomic E-state index is 10.3. The normalized spacial score (nSPS) is 9.12. The highest BCUT2D eigenvalue weighted by Gasteiger charge is 2.08. The Kier molecular flexibility index (Phi) is 1.65. The van der Waals surface area contributed by atoms with Gasteiger partial charge in [0.1, 0.15) is 4.88 Å². The highest BCUT2D eigenvalue weighted by molar-refractivity contribution is 7.11. The fraction of sp³-hybridized carbons (Fsp3) is 0. The van der Waals surface area contributed by atoms with E-state index in [0.29, 0.717) is 4.88 Å². The molecule has 1 aromatic rings. The van der Waals surface area contributed by atoms with Crippen molar-refractivity contribution < 1.29 is 16.4 Å². The zero-order valence-corrected chi connectivity index (χ0v) is 5.59. The Balaban J connectivity index is 2.93. The van der Waals surface area contributed by atoms with Crippen LogP contribution >= 0.6 is 11.3 Å². The van der Waals surface area contributed by atoms with Gasteiger partial charge in [0.2, 0.25) is 0 Å². The van der Waals surface area contributed by atoms with E-state index in [9.17, 15) is 4.79 Å². The molecule has 8 heavy (non-hydrogen) atoms. The van der Waals surface area contributed by atoms with Crippen LogP contribution in [0.3, 0.4) is 0 Å². The van der Waals surface area contributed by atoms with E-state index >= 15 is 0 Å². The molecule has 0 amide bonds. The van der Waals surface area contributed by atoms with Crippen LogP contribution in [0.2, 0.25) is 0 Å².